The first kappa shape index (κ1) is 12.5. The van der Waals surface area contributed by atoms with E-state index < -0.39 is 0 Å². The van der Waals surface area contributed by atoms with E-state index in [1.165, 1.54) is 6.07 Å². The molecule has 0 bridgehead atoms. The summed E-state index contributed by atoms with van der Waals surface area (Å²) in [4.78, 5) is 7.44. The summed E-state index contributed by atoms with van der Waals surface area (Å²) >= 11 is 8.42. The number of aromatic amines is 1. The van der Waals surface area contributed by atoms with Crippen molar-refractivity contribution in [2.45, 2.75) is 6.92 Å². The molecule has 0 saturated carbocycles. The number of benzene rings is 1. The summed E-state index contributed by atoms with van der Waals surface area (Å²) in [6, 6.07) is 6.83. The van der Waals surface area contributed by atoms with E-state index in [-0.39, 0.29) is 5.82 Å². The van der Waals surface area contributed by atoms with Gasteiger partial charge in [0.05, 0.1) is 15.7 Å². The Balaban J connectivity index is 2.32. The van der Waals surface area contributed by atoms with Crippen LogP contribution in [-0.4, -0.2) is 14.5 Å². The summed E-state index contributed by atoms with van der Waals surface area (Å²) in [5.41, 5.74) is 3.22. The largest absolute Gasteiger partial charge is 0.329 e. The van der Waals surface area contributed by atoms with Crippen molar-refractivity contribution < 1.29 is 4.39 Å². The van der Waals surface area contributed by atoms with Gasteiger partial charge >= 0.3 is 0 Å². The topological polar surface area (TPSA) is 33.6 Å². The standard InChI is InChI=1S/C13H9BrFN3S/c1-7-4-11-12(16-6-7)18(13(19)17-11)8-2-3-9(14)10(15)5-8/h2-6H,1H3,(H,17,19). The molecule has 1 aromatic carbocycles. The SMILES string of the molecule is Cc1cnc2c(c1)[nH]c(=S)n2-c1ccc(Br)c(F)c1. The van der Waals surface area contributed by atoms with Gasteiger partial charge in [-0.25, -0.2) is 9.37 Å². The first-order valence-corrected chi connectivity index (χ1v) is 6.79. The molecule has 0 aliphatic rings. The van der Waals surface area contributed by atoms with Gasteiger partial charge in [-0.1, -0.05) is 0 Å². The molecule has 0 atom stereocenters. The number of nitrogens with one attached hydrogen (secondary N) is 1. The van der Waals surface area contributed by atoms with Crippen LogP contribution in [0.3, 0.4) is 0 Å². The summed E-state index contributed by atoms with van der Waals surface area (Å²) < 4.78 is 16.3. The zero-order valence-corrected chi connectivity index (χ0v) is 12.3. The Morgan fingerprint density at radius 3 is 2.89 bits per heavy atom. The van der Waals surface area contributed by atoms with Crippen molar-refractivity contribution in [2.75, 3.05) is 0 Å². The number of aryl methyl sites for hydroxylation is 1. The molecule has 0 aliphatic carbocycles. The van der Waals surface area contributed by atoms with Crippen LogP contribution in [0.2, 0.25) is 0 Å². The van der Waals surface area contributed by atoms with Crippen molar-refractivity contribution in [3.63, 3.8) is 0 Å². The van der Waals surface area contributed by atoms with Gasteiger partial charge in [0.15, 0.2) is 10.4 Å². The van der Waals surface area contributed by atoms with Crippen molar-refractivity contribution in [1.82, 2.24) is 14.5 Å². The van der Waals surface area contributed by atoms with Gasteiger partial charge in [-0.3, -0.25) is 4.57 Å². The average molecular weight is 338 g/mol. The lowest BCUT2D eigenvalue weighted by molar-refractivity contribution is 0.620. The van der Waals surface area contributed by atoms with Crippen LogP contribution in [0.15, 0.2) is 34.9 Å². The van der Waals surface area contributed by atoms with Gasteiger partial charge in [0.1, 0.15) is 5.82 Å². The molecule has 0 saturated heterocycles. The third-order valence-electron chi connectivity index (χ3n) is 2.82. The monoisotopic (exact) mass is 337 g/mol. The maximum Gasteiger partial charge on any atom is 0.183 e. The molecule has 3 aromatic rings. The molecule has 6 heteroatoms. The Morgan fingerprint density at radius 2 is 2.16 bits per heavy atom. The second-order valence-corrected chi connectivity index (χ2v) is 5.49. The third kappa shape index (κ3) is 2.11. The number of hydrogen-bond donors (Lipinski definition) is 1. The second-order valence-electron chi connectivity index (χ2n) is 4.25. The number of halogens is 2. The number of imidazole rings is 1. The number of rotatable bonds is 1. The lowest BCUT2D eigenvalue weighted by Gasteiger charge is -2.05. The molecule has 3 nitrogen and oxygen atoms in total. The maximum atomic E-state index is 13.6. The molecule has 0 unspecified atom stereocenters. The number of nitrogens with zero attached hydrogens (tertiary/aromatic N) is 2. The summed E-state index contributed by atoms with van der Waals surface area (Å²) in [7, 11) is 0. The number of aromatic nitrogens is 3. The normalized spacial score (nSPS) is 11.1. The molecule has 96 valence electrons. The Bertz CT molecular complexity index is 838. The van der Waals surface area contributed by atoms with E-state index in [0.717, 1.165) is 11.1 Å². The summed E-state index contributed by atoms with van der Waals surface area (Å²) in [5.74, 6) is -0.333. The van der Waals surface area contributed by atoms with Crippen molar-refractivity contribution >= 4 is 39.3 Å². The molecular formula is C13H9BrFN3S. The molecule has 0 fully saturated rings. The number of hydrogen-bond acceptors (Lipinski definition) is 2. The highest BCUT2D eigenvalue weighted by atomic mass is 79.9. The highest BCUT2D eigenvalue weighted by Crippen LogP contribution is 2.22. The Labute approximate surface area is 122 Å². The first-order valence-electron chi connectivity index (χ1n) is 5.59. The Morgan fingerprint density at radius 1 is 1.37 bits per heavy atom. The fourth-order valence-corrected chi connectivity index (χ4v) is 2.51. The lowest BCUT2D eigenvalue weighted by Crippen LogP contribution is -1.96. The van der Waals surface area contributed by atoms with E-state index in [9.17, 15) is 4.39 Å². The van der Waals surface area contributed by atoms with Crippen molar-refractivity contribution in [3.05, 3.63) is 51.1 Å². The zero-order chi connectivity index (χ0) is 13.6. The fourth-order valence-electron chi connectivity index (χ4n) is 1.96. The molecule has 0 spiro atoms. The minimum absolute atomic E-state index is 0.333. The van der Waals surface area contributed by atoms with Crippen molar-refractivity contribution in [2.24, 2.45) is 0 Å². The molecule has 0 amide bonds. The van der Waals surface area contributed by atoms with Gasteiger partial charge in [-0.05, 0) is 64.9 Å². The molecule has 1 N–H and O–H groups in total. The second kappa shape index (κ2) is 4.54. The van der Waals surface area contributed by atoms with Crippen LogP contribution in [-0.2, 0) is 0 Å². The predicted octanol–water partition coefficient (Wildman–Crippen LogP) is 4.29. The highest BCUT2D eigenvalue weighted by molar-refractivity contribution is 9.10. The molecule has 2 aromatic heterocycles. The molecule has 2 heterocycles. The van der Waals surface area contributed by atoms with Gasteiger partial charge in [-0.2, -0.15) is 0 Å². The van der Waals surface area contributed by atoms with E-state index in [2.05, 4.69) is 25.9 Å². The number of fused-ring (bicyclic) bond motifs is 1. The van der Waals surface area contributed by atoms with E-state index >= 15 is 0 Å². The van der Waals surface area contributed by atoms with E-state index in [1.807, 2.05) is 13.0 Å². The number of pyridine rings is 1. The van der Waals surface area contributed by atoms with Crippen LogP contribution < -0.4 is 0 Å². The molecule has 3 rings (SSSR count). The fraction of sp³-hybridized carbons (Fsp3) is 0.0769. The summed E-state index contributed by atoms with van der Waals surface area (Å²) in [6.45, 7) is 1.96. The van der Waals surface area contributed by atoms with Crippen LogP contribution in [0.4, 0.5) is 4.39 Å². The maximum absolute atomic E-state index is 13.6. The minimum atomic E-state index is -0.333. The van der Waals surface area contributed by atoms with Crippen molar-refractivity contribution in [1.29, 1.82) is 0 Å². The van der Waals surface area contributed by atoms with E-state index in [1.54, 1.807) is 22.9 Å². The first-order chi connectivity index (χ1) is 9.06. The smallest absolute Gasteiger partial charge is 0.183 e. The Kier molecular flexibility index (Phi) is 2.99. The quantitative estimate of drug-likeness (QED) is 0.672. The number of H-pyrrole nitrogens is 1. The highest BCUT2D eigenvalue weighted by Gasteiger charge is 2.09. The van der Waals surface area contributed by atoms with Crippen LogP contribution in [0, 0.1) is 17.5 Å². The summed E-state index contributed by atoms with van der Waals surface area (Å²) in [6.07, 6.45) is 1.76. The molecule has 19 heavy (non-hydrogen) atoms. The lowest BCUT2D eigenvalue weighted by atomic mass is 10.3. The van der Waals surface area contributed by atoms with Gasteiger partial charge in [0.25, 0.3) is 0 Å². The molecule has 0 radical (unpaired) electrons. The molecular weight excluding hydrogens is 329 g/mol. The minimum Gasteiger partial charge on any atom is -0.329 e. The van der Waals surface area contributed by atoms with Gasteiger partial charge in [-0.15, -0.1) is 0 Å². The zero-order valence-electron chi connectivity index (χ0n) is 9.95. The van der Waals surface area contributed by atoms with Gasteiger partial charge in [0, 0.05) is 6.20 Å². The predicted molar refractivity (Wildman–Crippen MR) is 78.6 cm³/mol. The van der Waals surface area contributed by atoms with Crippen molar-refractivity contribution in [3.8, 4) is 5.69 Å². The van der Waals surface area contributed by atoms with Gasteiger partial charge < -0.3 is 4.98 Å². The van der Waals surface area contributed by atoms with Crippen LogP contribution in [0.5, 0.6) is 0 Å². The average Bonchev–Trinajstić information content (AvgIpc) is 2.68. The van der Waals surface area contributed by atoms with Crippen LogP contribution >= 0.6 is 28.1 Å². The van der Waals surface area contributed by atoms with Gasteiger partial charge in [0.2, 0.25) is 0 Å². The van der Waals surface area contributed by atoms with Crippen LogP contribution in [0.1, 0.15) is 5.56 Å². The summed E-state index contributed by atoms with van der Waals surface area (Å²) in [5, 5.41) is 0. The van der Waals surface area contributed by atoms with E-state index in [0.29, 0.717) is 20.6 Å². The molecule has 0 aliphatic heterocycles. The third-order valence-corrected chi connectivity index (χ3v) is 3.75. The Hall–Kier alpha value is -1.53. The van der Waals surface area contributed by atoms with Crippen LogP contribution in [0.25, 0.3) is 16.9 Å². The van der Waals surface area contributed by atoms with E-state index in [4.69, 9.17) is 12.2 Å².